The molecule has 2 aromatic carbocycles. The topological polar surface area (TPSA) is 59.9 Å². The third kappa shape index (κ3) is 5.49. The summed E-state index contributed by atoms with van der Waals surface area (Å²) in [5.41, 5.74) is 4.83. The predicted octanol–water partition coefficient (Wildman–Crippen LogP) is 4.08. The Hall–Kier alpha value is -3.45. The van der Waals surface area contributed by atoms with Gasteiger partial charge in [-0.2, -0.15) is 15.1 Å². The molecule has 33 heavy (non-hydrogen) atoms. The summed E-state index contributed by atoms with van der Waals surface area (Å²) in [5, 5.41) is 9.32. The summed E-state index contributed by atoms with van der Waals surface area (Å²) >= 11 is 0. The minimum atomic E-state index is 0.708. The summed E-state index contributed by atoms with van der Waals surface area (Å²) in [4.78, 5) is 14.5. The van der Waals surface area contributed by atoms with Crippen molar-refractivity contribution < 1.29 is 0 Å². The first kappa shape index (κ1) is 22.7. The molecular weight excluding hydrogens is 410 g/mol. The van der Waals surface area contributed by atoms with Gasteiger partial charge >= 0.3 is 0 Å². The quantitative estimate of drug-likeness (QED) is 0.418. The summed E-state index contributed by atoms with van der Waals surface area (Å²) in [7, 11) is 1.87. The van der Waals surface area contributed by atoms with Crippen LogP contribution in [0.15, 0.2) is 59.7 Å². The van der Waals surface area contributed by atoms with Crippen molar-refractivity contribution in [3.8, 4) is 0 Å². The Morgan fingerprint density at radius 3 is 2.36 bits per heavy atom. The van der Waals surface area contributed by atoms with Crippen molar-refractivity contribution in [3.63, 3.8) is 0 Å². The van der Waals surface area contributed by atoms with Gasteiger partial charge in [0.15, 0.2) is 5.82 Å². The fourth-order valence-corrected chi connectivity index (χ4v) is 4.12. The molecule has 0 spiro atoms. The van der Waals surface area contributed by atoms with Crippen molar-refractivity contribution in [1.29, 1.82) is 0 Å². The summed E-state index contributed by atoms with van der Waals surface area (Å²) in [6.07, 6.45) is 0. The van der Waals surface area contributed by atoms with E-state index in [1.807, 2.05) is 14.0 Å². The molecule has 0 saturated carbocycles. The van der Waals surface area contributed by atoms with Crippen LogP contribution < -0.4 is 15.2 Å². The van der Waals surface area contributed by atoms with Crippen LogP contribution in [-0.2, 0) is 13.1 Å². The van der Waals surface area contributed by atoms with Crippen molar-refractivity contribution in [3.05, 3.63) is 76.9 Å². The lowest BCUT2D eigenvalue weighted by Crippen LogP contribution is -2.46. The SMILES string of the molecule is C=NN(C)c1nc(N2CCN(Cc3ccccc3)CC2)nc(NCc2ccccc2C)c1C. The maximum absolute atomic E-state index is 4.92. The van der Waals surface area contributed by atoms with Crippen LogP contribution in [-0.4, -0.2) is 54.8 Å². The van der Waals surface area contributed by atoms with Crippen LogP contribution in [0.2, 0.25) is 0 Å². The van der Waals surface area contributed by atoms with Gasteiger partial charge in [-0.3, -0.25) is 9.91 Å². The van der Waals surface area contributed by atoms with Crippen molar-refractivity contribution in [2.24, 2.45) is 5.10 Å². The third-order valence-corrected chi connectivity index (χ3v) is 6.24. The number of nitrogens with zero attached hydrogens (tertiary/aromatic N) is 6. The lowest BCUT2D eigenvalue weighted by molar-refractivity contribution is 0.248. The molecule has 7 heteroatoms. The van der Waals surface area contributed by atoms with E-state index in [0.29, 0.717) is 6.54 Å². The highest BCUT2D eigenvalue weighted by Crippen LogP contribution is 2.27. The third-order valence-electron chi connectivity index (χ3n) is 6.24. The zero-order valence-corrected chi connectivity index (χ0v) is 19.8. The average Bonchev–Trinajstić information content (AvgIpc) is 2.85. The lowest BCUT2D eigenvalue weighted by atomic mass is 10.1. The van der Waals surface area contributed by atoms with Gasteiger partial charge in [0, 0.05) is 58.6 Å². The number of piperazine rings is 1. The monoisotopic (exact) mass is 443 g/mol. The van der Waals surface area contributed by atoms with Gasteiger partial charge in [-0.25, -0.2) is 0 Å². The van der Waals surface area contributed by atoms with E-state index in [4.69, 9.17) is 9.97 Å². The summed E-state index contributed by atoms with van der Waals surface area (Å²) in [6, 6.07) is 19.0. The molecule has 0 aliphatic carbocycles. The Bertz CT molecular complexity index is 1080. The largest absolute Gasteiger partial charge is 0.366 e. The first-order valence-electron chi connectivity index (χ1n) is 11.4. The van der Waals surface area contributed by atoms with E-state index in [9.17, 15) is 0 Å². The average molecular weight is 444 g/mol. The zero-order chi connectivity index (χ0) is 23.2. The fraction of sp³-hybridized carbons (Fsp3) is 0.346. The van der Waals surface area contributed by atoms with Crippen LogP contribution in [0.5, 0.6) is 0 Å². The number of nitrogens with one attached hydrogen (secondary N) is 1. The van der Waals surface area contributed by atoms with E-state index < -0.39 is 0 Å². The number of aryl methyl sites for hydroxylation is 1. The normalized spacial score (nSPS) is 14.2. The molecule has 1 aliphatic rings. The van der Waals surface area contributed by atoms with Gasteiger partial charge in [0.1, 0.15) is 5.82 Å². The summed E-state index contributed by atoms with van der Waals surface area (Å²) in [6.45, 7) is 13.2. The Kier molecular flexibility index (Phi) is 7.19. The molecule has 172 valence electrons. The standard InChI is InChI=1S/C26H33N7/c1-20-10-8-9-13-23(20)18-28-24-21(2)25(31(4)27-3)30-26(29-24)33-16-14-32(15-17-33)19-22-11-6-5-7-12-22/h5-13H,3,14-19H2,1-2,4H3,(H,28,29,30). The van der Waals surface area contributed by atoms with Crippen molar-refractivity contribution in [1.82, 2.24) is 14.9 Å². The molecule has 1 aliphatic heterocycles. The number of rotatable bonds is 8. The van der Waals surface area contributed by atoms with Gasteiger partial charge in [-0.1, -0.05) is 54.6 Å². The fourth-order valence-electron chi connectivity index (χ4n) is 4.12. The van der Waals surface area contributed by atoms with E-state index in [1.165, 1.54) is 16.7 Å². The molecule has 3 aromatic rings. The Balaban J connectivity index is 1.50. The van der Waals surface area contributed by atoms with Crippen LogP contribution in [0.3, 0.4) is 0 Å². The second-order valence-electron chi connectivity index (χ2n) is 8.51. The molecule has 0 amide bonds. The second kappa shape index (κ2) is 10.4. The van der Waals surface area contributed by atoms with Crippen molar-refractivity contribution >= 4 is 24.3 Å². The second-order valence-corrected chi connectivity index (χ2v) is 8.51. The molecule has 7 nitrogen and oxygen atoms in total. The van der Waals surface area contributed by atoms with Crippen LogP contribution in [0, 0.1) is 13.8 Å². The number of hydrogen-bond acceptors (Lipinski definition) is 7. The first-order valence-corrected chi connectivity index (χ1v) is 11.4. The molecule has 0 bridgehead atoms. The van der Waals surface area contributed by atoms with Crippen LogP contribution in [0.25, 0.3) is 0 Å². The van der Waals surface area contributed by atoms with Gasteiger partial charge < -0.3 is 10.2 Å². The highest BCUT2D eigenvalue weighted by Gasteiger charge is 2.22. The minimum absolute atomic E-state index is 0.708. The van der Waals surface area contributed by atoms with Crippen molar-refractivity contribution in [2.75, 3.05) is 48.5 Å². The van der Waals surface area contributed by atoms with Crippen LogP contribution in [0.4, 0.5) is 17.6 Å². The van der Waals surface area contributed by atoms with Crippen molar-refractivity contribution in [2.45, 2.75) is 26.9 Å². The Morgan fingerprint density at radius 1 is 0.970 bits per heavy atom. The minimum Gasteiger partial charge on any atom is -0.366 e. The highest BCUT2D eigenvalue weighted by atomic mass is 15.5. The molecule has 0 unspecified atom stereocenters. The Labute approximate surface area is 196 Å². The molecule has 1 fully saturated rings. The molecular formula is C26H33N7. The van der Waals surface area contributed by atoms with Gasteiger partial charge in [-0.05, 0) is 30.5 Å². The van der Waals surface area contributed by atoms with Gasteiger partial charge in [-0.15, -0.1) is 0 Å². The van der Waals surface area contributed by atoms with E-state index in [-0.39, 0.29) is 0 Å². The number of hydrogen-bond donors (Lipinski definition) is 1. The van der Waals surface area contributed by atoms with E-state index in [1.54, 1.807) is 5.01 Å². The van der Waals surface area contributed by atoms with Gasteiger partial charge in [0.25, 0.3) is 0 Å². The molecule has 2 heterocycles. The number of hydrazone groups is 1. The van der Waals surface area contributed by atoms with E-state index in [0.717, 1.165) is 55.9 Å². The molecule has 1 saturated heterocycles. The zero-order valence-electron chi connectivity index (χ0n) is 19.8. The molecule has 1 aromatic heterocycles. The number of aromatic nitrogens is 2. The summed E-state index contributed by atoms with van der Waals surface area (Å²) in [5.74, 6) is 2.34. The van der Waals surface area contributed by atoms with Crippen LogP contribution in [0.1, 0.15) is 22.3 Å². The number of anilines is 3. The lowest BCUT2D eigenvalue weighted by Gasteiger charge is -2.35. The van der Waals surface area contributed by atoms with Gasteiger partial charge in [0.05, 0.1) is 0 Å². The van der Waals surface area contributed by atoms with Crippen LogP contribution >= 0.6 is 0 Å². The predicted molar refractivity (Wildman–Crippen MR) is 137 cm³/mol. The first-order chi connectivity index (χ1) is 16.0. The van der Waals surface area contributed by atoms with E-state index in [2.05, 4.69) is 88.5 Å². The number of benzene rings is 2. The highest BCUT2D eigenvalue weighted by molar-refractivity contribution is 5.62. The summed E-state index contributed by atoms with van der Waals surface area (Å²) < 4.78 is 0. The van der Waals surface area contributed by atoms with Gasteiger partial charge in [0.2, 0.25) is 5.95 Å². The molecule has 4 rings (SSSR count). The van der Waals surface area contributed by atoms with E-state index >= 15 is 0 Å². The Morgan fingerprint density at radius 2 is 1.67 bits per heavy atom. The maximum atomic E-state index is 4.92. The smallest absolute Gasteiger partial charge is 0.229 e. The molecule has 0 radical (unpaired) electrons. The maximum Gasteiger partial charge on any atom is 0.229 e. The molecule has 1 N–H and O–H groups in total. The molecule has 0 atom stereocenters.